The normalized spacial score (nSPS) is 18.6. The summed E-state index contributed by atoms with van der Waals surface area (Å²) in [6.07, 6.45) is 2.45. The van der Waals surface area contributed by atoms with E-state index in [-0.39, 0.29) is 41.6 Å². The lowest BCUT2D eigenvalue weighted by molar-refractivity contribution is -0.0336. The number of unbranched alkanes of at least 4 members (excludes halogenated alkanes) is 1. The molecule has 292 valence electrons. The van der Waals surface area contributed by atoms with Crippen LogP contribution < -0.4 is 20.9 Å². The number of amides is 1. The molecule has 13 heteroatoms. The summed E-state index contributed by atoms with van der Waals surface area (Å²) in [6.45, 7) is 3.83. The summed E-state index contributed by atoms with van der Waals surface area (Å²) >= 11 is 0. The number of H-pyrrole nitrogens is 1. The molecule has 3 atom stereocenters. The predicted octanol–water partition coefficient (Wildman–Crippen LogP) is 5.46. The summed E-state index contributed by atoms with van der Waals surface area (Å²) in [6, 6.07) is 26.0. The smallest absolute Gasteiger partial charge is 0.408 e. The van der Waals surface area contributed by atoms with Crippen LogP contribution in [-0.2, 0) is 17.8 Å². The van der Waals surface area contributed by atoms with Crippen molar-refractivity contribution in [1.82, 2.24) is 25.5 Å². The number of aromatic amines is 1. The van der Waals surface area contributed by atoms with Gasteiger partial charge in [0, 0.05) is 24.5 Å². The minimum Gasteiger partial charge on any atom is -0.506 e. The van der Waals surface area contributed by atoms with Crippen molar-refractivity contribution >= 4 is 23.0 Å². The van der Waals surface area contributed by atoms with E-state index < -0.39 is 24.2 Å². The van der Waals surface area contributed by atoms with Crippen LogP contribution in [0.4, 0.5) is 4.79 Å². The first-order chi connectivity index (χ1) is 27.2. The zero-order valence-corrected chi connectivity index (χ0v) is 31.0. The Balaban J connectivity index is 0.937. The predicted molar refractivity (Wildman–Crippen MR) is 210 cm³/mol. The number of fused-ring (bicyclic) bond motifs is 4. The van der Waals surface area contributed by atoms with Crippen LogP contribution >= 0.6 is 0 Å². The molecule has 5 aromatic rings. The van der Waals surface area contributed by atoms with Gasteiger partial charge in [-0.3, -0.25) is 14.7 Å². The number of rotatable bonds is 16. The molecule has 2 bridgehead atoms. The lowest BCUT2D eigenvalue weighted by Gasteiger charge is -2.43. The van der Waals surface area contributed by atoms with Crippen molar-refractivity contribution in [1.29, 1.82) is 0 Å². The topological polar surface area (TPSA) is 186 Å². The lowest BCUT2D eigenvalue weighted by Crippen LogP contribution is -2.52. The largest absolute Gasteiger partial charge is 0.506 e. The Morgan fingerprint density at radius 1 is 0.946 bits per heavy atom. The van der Waals surface area contributed by atoms with Gasteiger partial charge in [0.2, 0.25) is 5.56 Å². The second-order valence-electron chi connectivity index (χ2n) is 14.5. The highest BCUT2D eigenvalue weighted by Gasteiger charge is 2.37. The summed E-state index contributed by atoms with van der Waals surface area (Å²) in [5.74, 6) is -0.152. The number of benzene rings is 3. The zero-order chi connectivity index (χ0) is 39.0. The van der Waals surface area contributed by atoms with Gasteiger partial charge in [-0.25, -0.2) is 9.59 Å². The van der Waals surface area contributed by atoms with E-state index in [1.807, 2.05) is 54.6 Å². The van der Waals surface area contributed by atoms with E-state index in [0.29, 0.717) is 59.8 Å². The molecule has 2 aromatic heterocycles. The van der Waals surface area contributed by atoms with Crippen LogP contribution in [0, 0.1) is 5.92 Å². The molecule has 5 heterocycles. The van der Waals surface area contributed by atoms with Crippen molar-refractivity contribution < 1.29 is 34.4 Å². The molecule has 0 saturated carbocycles. The van der Waals surface area contributed by atoms with E-state index in [9.17, 15) is 29.7 Å². The number of aryl methyl sites for hydroxylation is 1. The highest BCUT2D eigenvalue weighted by atomic mass is 16.6. The van der Waals surface area contributed by atoms with Crippen LogP contribution in [-0.4, -0.2) is 81.1 Å². The number of hydrogen-bond donors (Lipinski definition) is 6. The third-order valence-electron chi connectivity index (χ3n) is 10.7. The van der Waals surface area contributed by atoms with Gasteiger partial charge in [0.1, 0.15) is 24.2 Å². The quantitative estimate of drug-likeness (QED) is 0.0702. The number of carboxylic acids is 1. The number of pyridine rings is 2. The molecule has 0 spiro atoms. The monoisotopic (exact) mass is 761 g/mol. The number of phenols is 1. The molecule has 13 nitrogen and oxygen atoms in total. The molecule has 8 rings (SSSR count). The van der Waals surface area contributed by atoms with Crippen LogP contribution in [0.5, 0.6) is 11.5 Å². The average Bonchev–Trinajstić information content (AvgIpc) is 3.21. The van der Waals surface area contributed by atoms with Gasteiger partial charge in [0.25, 0.3) is 0 Å². The van der Waals surface area contributed by atoms with Crippen molar-refractivity contribution in [2.75, 3.05) is 32.7 Å². The molecule has 3 aliphatic heterocycles. The summed E-state index contributed by atoms with van der Waals surface area (Å²) in [4.78, 5) is 46.6. The Morgan fingerprint density at radius 3 is 2.52 bits per heavy atom. The SMILES string of the molecule is O=C(NC(c1ccccc1)c1cccc(OCc2ccc(C(=O)O)c(CCCCNC[C@H](O)c3ccc(O)c4[nH]c(=O)ccc34)n2)c1)O[C@H]1CN2CCC1CC2. The van der Waals surface area contributed by atoms with Gasteiger partial charge in [-0.1, -0.05) is 48.5 Å². The third-order valence-corrected chi connectivity index (χ3v) is 10.7. The van der Waals surface area contributed by atoms with Crippen molar-refractivity contribution in [2.24, 2.45) is 5.92 Å². The molecular formula is C43H47N5O8. The van der Waals surface area contributed by atoms with Gasteiger partial charge in [-0.05, 0) is 111 Å². The number of phenolic OH excluding ortho intramolecular Hbond substituents is 1. The van der Waals surface area contributed by atoms with Crippen molar-refractivity contribution in [2.45, 2.75) is 57.0 Å². The number of aromatic hydroxyl groups is 1. The number of alkyl carbamates (subject to hydrolysis) is 1. The van der Waals surface area contributed by atoms with Crippen molar-refractivity contribution in [3.63, 3.8) is 0 Å². The number of aromatic nitrogens is 2. The van der Waals surface area contributed by atoms with Gasteiger partial charge in [-0.15, -0.1) is 0 Å². The van der Waals surface area contributed by atoms with Crippen LogP contribution in [0.25, 0.3) is 10.9 Å². The number of aliphatic hydroxyl groups is 1. The molecule has 6 N–H and O–H groups in total. The van der Waals surface area contributed by atoms with E-state index in [4.69, 9.17) is 9.47 Å². The molecule has 3 aromatic carbocycles. The Hall–Kier alpha value is -5.76. The first kappa shape index (κ1) is 38.5. The average molecular weight is 762 g/mol. The minimum atomic E-state index is -1.05. The summed E-state index contributed by atoms with van der Waals surface area (Å²) in [5, 5.41) is 37.7. The highest BCUT2D eigenvalue weighted by Crippen LogP contribution is 2.31. The number of ether oxygens (including phenoxy) is 2. The second-order valence-corrected chi connectivity index (χ2v) is 14.5. The third kappa shape index (κ3) is 9.36. The van der Waals surface area contributed by atoms with Crippen LogP contribution in [0.3, 0.4) is 0 Å². The summed E-state index contributed by atoms with van der Waals surface area (Å²) in [7, 11) is 0. The zero-order valence-electron chi connectivity index (χ0n) is 31.0. The van der Waals surface area contributed by atoms with Gasteiger partial charge >= 0.3 is 12.1 Å². The molecule has 3 fully saturated rings. The fourth-order valence-corrected chi connectivity index (χ4v) is 7.73. The molecular weight excluding hydrogens is 714 g/mol. The van der Waals surface area contributed by atoms with Gasteiger partial charge in [0.15, 0.2) is 0 Å². The Morgan fingerprint density at radius 2 is 1.75 bits per heavy atom. The van der Waals surface area contributed by atoms with Gasteiger partial charge < -0.3 is 40.4 Å². The number of hydrogen-bond acceptors (Lipinski definition) is 10. The number of carbonyl (C=O) groups is 2. The molecule has 1 unspecified atom stereocenters. The van der Waals surface area contributed by atoms with E-state index >= 15 is 0 Å². The number of carbonyl (C=O) groups excluding carboxylic acids is 1. The van der Waals surface area contributed by atoms with E-state index in [2.05, 4.69) is 25.5 Å². The number of nitrogens with one attached hydrogen (secondary N) is 3. The van der Waals surface area contributed by atoms with Crippen LogP contribution in [0.2, 0.25) is 0 Å². The number of carboxylic acid groups (broad SMARTS) is 1. The first-order valence-corrected chi connectivity index (χ1v) is 19.1. The molecule has 1 amide bonds. The highest BCUT2D eigenvalue weighted by molar-refractivity contribution is 5.89. The van der Waals surface area contributed by atoms with E-state index in [1.54, 1.807) is 24.3 Å². The molecule has 56 heavy (non-hydrogen) atoms. The first-order valence-electron chi connectivity index (χ1n) is 19.1. The molecule has 0 radical (unpaired) electrons. The molecule has 0 aliphatic carbocycles. The van der Waals surface area contributed by atoms with Crippen LogP contribution in [0.15, 0.2) is 95.8 Å². The van der Waals surface area contributed by atoms with Gasteiger partial charge in [-0.2, -0.15) is 0 Å². The van der Waals surface area contributed by atoms with Crippen molar-refractivity contribution in [3.05, 3.63) is 135 Å². The maximum Gasteiger partial charge on any atom is 0.408 e. The second kappa shape index (κ2) is 17.8. The molecule has 3 aliphatic rings. The number of aliphatic hydroxyl groups excluding tert-OH is 1. The number of piperidine rings is 3. The number of nitrogens with zero attached hydrogens (tertiary/aromatic N) is 2. The summed E-state index contributed by atoms with van der Waals surface area (Å²) < 4.78 is 12.1. The van der Waals surface area contributed by atoms with Gasteiger partial charge in [0.05, 0.1) is 34.6 Å². The lowest BCUT2D eigenvalue weighted by atomic mass is 9.86. The number of aromatic carboxylic acids is 1. The fourth-order valence-electron chi connectivity index (χ4n) is 7.73. The fraction of sp³-hybridized carbons (Fsp3) is 0.349. The molecule has 3 saturated heterocycles. The Bertz CT molecular complexity index is 2200. The van der Waals surface area contributed by atoms with Crippen LogP contribution in [0.1, 0.15) is 76.3 Å². The summed E-state index contributed by atoms with van der Waals surface area (Å²) in [5.41, 5.74) is 3.42. The van der Waals surface area contributed by atoms with Crippen molar-refractivity contribution in [3.8, 4) is 11.5 Å². The maximum absolute atomic E-state index is 13.2. The maximum atomic E-state index is 13.2. The van der Waals surface area contributed by atoms with E-state index in [0.717, 1.165) is 43.6 Å². The Kier molecular flexibility index (Phi) is 12.2. The van der Waals surface area contributed by atoms with E-state index in [1.165, 1.54) is 12.1 Å². The minimum absolute atomic E-state index is 0.0691. The Labute approximate surface area is 324 Å². The standard InChI is InChI=1S/C43H47N5O8/c49-36-16-14-32(33-15-17-39(51)46-41(33)36)37(50)24-44-20-5-4-11-35-34(42(52)53)13-12-30(45-35)26-55-31-10-6-9-29(23-31)40(28-7-2-1-3-8-28)47-43(54)56-38-25-48-21-18-27(38)19-22-48/h1-3,6-10,12-17,23,27,37-38,40,44,49-50H,4-5,11,18-22,24-26H2,(H,46,51)(H,47,54)(H,52,53)/t37-,38-,40?/m0/s1.